The number of piperazine rings is 1. The maximum absolute atomic E-state index is 3.68. The molecule has 1 spiro atoms. The average molecular weight is 264 g/mol. The minimum absolute atomic E-state index is 0.541. The van der Waals surface area contributed by atoms with Crippen molar-refractivity contribution in [2.45, 2.75) is 70.3 Å². The van der Waals surface area contributed by atoms with E-state index in [1.165, 1.54) is 84.0 Å². The van der Waals surface area contributed by atoms with Crippen LogP contribution >= 0.6 is 0 Å². The van der Waals surface area contributed by atoms with E-state index in [9.17, 15) is 0 Å². The summed E-state index contributed by atoms with van der Waals surface area (Å²) in [6, 6.07) is 0. The van der Waals surface area contributed by atoms with Crippen molar-refractivity contribution in [2.75, 3.05) is 26.2 Å². The van der Waals surface area contributed by atoms with Gasteiger partial charge in [0.2, 0.25) is 0 Å². The third-order valence-corrected chi connectivity index (χ3v) is 6.08. The molecule has 1 N–H and O–H groups in total. The molecule has 19 heavy (non-hydrogen) atoms. The highest BCUT2D eigenvalue weighted by Crippen LogP contribution is 2.37. The van der Waals surface area contributed by atoms with Crippen LogP contribution in [-0.4, -0.2) is 36.6 Å². The average Bonchev–Trinajstić information content (AvgIpc) is 2.45. The summed E-state index contributed by atoms with van der Waals surface area (Å²) in [5, 5.41) is 3.68. The van der Waals surface area contributed by atoms with Gasteiger partial charge in [-0.3, -0.25) is 4.90 Å². The first kappa shape index (κ1) is 13.9. The van der Waals surface area contributed by atoms with Gasteiger partial charge in [-0.05, 0) is 37.5 Å². The molecule has 3 fully saturated rings. The molecule has 1 aliphatic heterocycles. The van der Waals surface area contributed by atoms with Crippen LogP contribution in [-0.2, 0) is 0 Å². The Labute approximate surface area is 119 Å². The lowest BCUT2D eigenvalue weighted by molar-refractivity contribution is 0.00940. The van der Waals surface area contributed by atoms with E-state index >= 15 is 0 Å². The molecule has 2 heteroatoms. The molecule has 0 unspecified atom stereocenters. The second-order valence-electron chi connectivity index (χ2n) is 7.53. The molecule has 0 aromatic carbocycles. The van der Waals surface area contributed by atoms with Gasteiger partial charge in [-0.25, -0.2) is 0 Å². The van der Waals surface area contributed by atoms with Crippen molar-refractivity contribution < 1.29 is 0 Å². The number of hydrogen-bond donors (Lipinski definition) is 1. The van der Waals surface area contributed by atoms with E-state index in [4.69, 9.17) is 0 Å². The third-order valence-electron chi connectivity index (χ3n) is 6.08. The highest BCUT2D eigenvalue weighted by molar-refractivity contribution is 4.98. The Kier molecular flexibility index (Phi) is 4.48. The van der Waals surface area contributed by atoms with Crippen molar-refractivity contribution >= 4 is 0 Å². The minimum Gasteiger partial charge on any atom is -0.314 e. The molecule has 1 heterocycles. The maximum atomic E-state index is 3.68. The minimum atomic E-state index is 0.541. The van der Waals surface area contributed by atoms with Crippen molar-refractivity contribution in [2.24, 2.45) is 11.8 Å². The maximum Gasteiger partial charge on any atom is 0.0334 e. The Balaban J connectivity index is 1.60. The molecule has 3 aliphatic rings. The van der Waals surface area contributed by atoms with Crippen molar-refractivity contribution in [1.29, 1.82) is 0 Å². The largest absolute Gasteiger partial charge is 0.314 e. The van der Waals surface area contributed by atoms with Crippen LogP contribution in [0, 0.1) is 11.8 Å². The molecule has 0 radical (unpaired) electrons. The van der Waals surface area contributed by atoms with Gasteiger partial charge in [-0.15, -0.1) is 0 Å². The van der Waals surface area contributed by atoms with Gasteiger partial charge in [0, 0.05) is 31.7 Å². The van der Waals surface area contributed by atoms with Crippen molar-refractivity contribution in [3.8, 4) is 0 Å². The van der Waals surface area contributed by atoms with Crippen LogP contribution in [0.1, 0.15) is 64.7 Å². The molecule has 0 aromatic rings. The Bertz CT molecular complexity index is 267. The fraction of sp³-hybridized carbons (Fsp3) is 1.00. The lowest BCUT2D eigenvalue weighted by Gasteiger charge is -2.51. The van der Waals surface area contributed by atoms with Crippen LogP contribution in [0.3, 0.4) is 0 Å². The SMILES string of the molecule is CC1CCC(CN2CCNCC23CCCCC3)CC1. The molecule has 0 amide bonds. The Morgan fingerprint density at radius 3 is 2.53 bits per heavy atom. The first-order valence-electron chi connectivity index (χ1n) is 8.74. The molecule has 110 valence electrons. The van der Waals surface area contributed by atoms with Crippen molar-refractivity contribution in [1.82, 2.24) is 10.2 Å². The molecular formula is C17H32N2. The molecule has 2 nitrogen and oxygen atoms in total. The van der Waals surface area contributed by atoms with Gasteiger partial charge < -0.3 is 5.32 Å². The summed E-state index contributed by atoms with van der Waals surface area (Å²) in [5.74, 6) is 1.98. The monoisotopic (exact) mass is 264 g/mol. The summed E-state index contributed by atoms with van der Waals surface area (Å²) >= 11 is 0. The van der Waals surface area contributed by atoms with E-state index in [0.717, 1.165) is 11.8 Å². The molecule has 2 aliphatic carbocycles. The predicted molar refractivity (Wildman–Crippen MR) is 81.4 cm³/mol. The standard InChI is InChI=1S/C17H32N2/c1-15-5-7-16(8-6-15)13-19-12-11-18-14-17(19)9-3-2-4-10-17/h15-16,18H,2-14H2,1H3. The molecule has 2 saturated carbocycles. The van der Waals surface area contributed by atoms with Crippen LogP contribution in [0.5, 0.6) is 0 Å². The van der Waals surface area contributed by atoms with E-state index in [0.29, 0.717) is 5.54 Å². The van der Waals surface area contributed by atoms with E-state index < -0.39 is 0 Å². The second kappa shape index (κ2) is 6.13. The zero-order valence-electron chi connectivity index (χ0n) is 12.8. The topological polar surface area (TPSA) is 15.3 Å². The normalized spacial score (nSPS) is 36.5. The fourth-order valence-electron chi connectivity index (χ4n) is 4.70. The lowest BCUT2D eigenvalue weighted by Crippen LogP contribution is -2.62. The highest BCUT2D eigenvalue weighted by Gasteiger charge is 2.40. The molecule has 0 aromatic heterocycles. The second-order valence-corrected chi connectivity index (χ2v) is 7.53. The van der Waals surface area contributed by atoms with Gasteiger partial charge in [-0.2, -0.15) is 0 Å². The quantitative estimate of drug-likeness (QED) is 0.822. The number of nitrogens with one attached hydrogen (secondary N) is 1. The predicted octanol–water partition coefficient (Wildman–Crippen LogP) is 3.42. The summed E-state index contributed by atoms with van der Waals surface area (Å²) in [6.07, 6.45) is 13.2. The molecule has 3 rings (SSSR count). The number of hydrogen-bond acceptors (Lipinski definition) is 2. The van der Waals surface area contributed by atoms with Gasteiger partial charge in [0.05, 0.1) is 0 Å². The highest BCUT2D eigenvalue weighted by atomic mass is 15.3. The Hall–Kier alpha value is -0.0800. The van der Waals surface area contributed by atoms with Crippen LogP contribution in [0.25, 0.3) is 0 Å². The number of nitrogens with zero attached hydrogens (tertiary/aromatic N) is 1. The van der Waals surface area contributed by atoms with Crippen LogP contribution in [0.2, 0.25) is 0 Å². The van der Waals surface area contributed by atoms with E-state index in [1.54, 1.807) is 0 Å². The lowest BCUT2D eigenvalue weighted by atomic mass is 9.77. The first-order chi connectivity index (χ1) is 9.28. The number of rotatable bonds is 2. The third kappa shape index (κ3) is 3.16. The van der Waals surface area contributed by atoms with E-state index in [-0.39, 0.29) is 0 Å². The summed E-state index contributed by atoms with van der Waals surface area (Å²) in [7, 11) is 0. The molecule has 1 saturated heterocycles. The van der Waals surface area contributed by atoms with E-state index in [2.05, 4.69) is 17.1 Å². The fourth-order valence-corrected chi connectivity index (χ4v) is 4.70. The Morgan fingerprint density at radius 2 is 1.79 bits per heavy atom. The van der Waals surface area contributed by atoms with Gasteiger partial charge in [0.15, 0.2) is 0 Å². The summed E-state index contributed by atoms with van der Waals surface area (Å²) in [4.78, 5) is 2.91. The first-order valence-corrected chi connectivity index (χ1v) is 8.74. The molecule has 0 atom stereocenters. The van der Waals surface area contributed by atoms with Crippen LogP contribution in [0.15, 0.2) is 0 Å². The summed E-state index contributed by atoms with van der Waals surface area (Å²) in [5.41, 5.74) is 0.541. The van der Waals surface area contributed by atoms with Gasteiger partial charge >= 0.3 is 0 Å². The zero-order chi connectivity index (χ0) is 13.1. The zero-order valence-corrected chi connectivity index (χ0v) is 12.8. The molecular weight excluding hydrogens is 232 g/mol. The van der Waals surface area contributed by atoms with Crippen LogP contribution in [0.4, 0.5) is 0 Å². The van der Waals surface area contributed by atoms with Gasteiger partial charge in [-0.1, -0.05) is 39.0 Å². The smallest absolute Gasteiger partial charge is 0.0334 e. The van der Waals surface area contributed by atoms with E-state index in [1.807, 2.05) is 0 Å². The van der Waals surface area contributed by atoms with Gasteiger partial charge in [0.25, 0.3) is 0 Å². The van der Waals surface area contributed by atoms with Crippen molar-refractivity contribution in [3.63, 3.8) is 0 Å². The Morgan fingerprint density at radius 1 is 1.05 bits per heavy atom. The molecule has 0 bridgehead atoms. The summed E-state index contributed by atoms with van der Waals surface area (Å²) < 4.78 is 0. The summed E-state index contributed by atoms with van der Waals surface area (Å²) in [6.45, 7) is 7.60. The van der Waals surface area contributed by atoms with Gasteiger partial charge in [0.1, 0.15) is 0 Å². The van der Waals surface area contributed by atoms with Crippen molar-refractivity contribution in [3.05, 3.63) is 0 Å². The van der Waals surface area contributed by atoms with Crippen LogP contribution < -0.4 is 5.32 Å².